The van der Waals surface area contributed by atoms with Crippen LogP contribution in [0, 0.1) is 17.3 Å². The van der Waals surface area contributed by atoms with E-state index in [4.69, 9.17) is 5.11 Å². The molecule has 0 aromatic carbocycles. The molecular formula is C16H30O2. The van der Waals surface area contributed by atoms with Gasteiger partial charge in [-0.2, -0.15) is 0 Å². The summed E-state index contributed by atoms with van der Waals surface area (Å²) in [6.45, 7) is 13.0. The Kier molecular flexibility index (Phi) is 7.27. The van der Waals surface area contributed by atoms with Crippen LogP contribution in [0.25, 0.3) is 0 Å². The van der Waals surface area contributed by atoms with Crippen molar-refractivity contribution in [2.24, 2.45) is 17.3 Å². The third-order valence-electron chi connectivity index (χ3n) is 3.63. The molecule has 0 aliphatic heterocycles. The lowest BCUT2D eigenvalue weighted by Crippen LogP contribution is -2.27. The second-order valence-corrected chi connectivity index (χ2v) is 6.34. The average Bonchev–Trinajstić information content (AvgIpc) is 2.27. The van der Waals surface area contributed by atoms with Gasteiger partial charge in [-0.3, -0.25) is 4.79 Å². The van der Waals surface area contributed by atoms with Gasteiger partial charge < -0.3 is 5.11 Å². The number of rotatable bonds is 2. The molecule has 2 heteroatoms. The van der Waals surface area contributed by atoms with Gasteiger partial charge in [0.15, 0.2) is 0 Å². The second kappa shape index (κ2) is 7.60. The van der Waals surface area contributed by atoms with Gasteiger partial charge in [0.25, 0.3) is 0 Å². The summed E-state index contributed by atoms with van der Waals surface area (Å²) >= 11 is 0. The second-order valence-electron chi connectivity index (χ2n) is 6.34. The van der Waals surface area contributed by atoms with Crippen molar-refractivity contribution in [3.63, 3.8) is 0 Å². The molecule has 1 rings (SSSR count). The van der Waals surface area contributed by atoms with Crippen molar-refractivity contribution in [3.05, 3.63) is 11.6 Å². The van der Waals surface area contributed by atoms with Gasteiger partial charge in [0, 0.05) is 0 Å². The molecule has 1 N–H and O–H groups in total. The Bertz CT molecular complexity index is 282. The van der Waals surface area contributed by atoms with Crippen LogP contribution in [0.15, 0.2) is 11.6 Å². The molecule has 1 aliphatic rings. The third-order valence-corrected chi connectivity index (χ3v) is 3.63. The zero-order valence-electron chi connectivity index (χ0n) is 12.9. The maximum absolute atomic E-state index is 10.9. The van der Waals surface area contributed by atoms with Crippen molar-refractivity contribution in [2.75, 3.05) is 0 Å². The van der Waals surface area contributed by atoms with Crippen molar-refractivity contribution in [1.82, 2.24) is 0 Å². The summed E-state index contributed by atoms with van der Waals surface area (Å²) in [4.78, 5) is 10.9. The first kappa shape index (κ1) is 17.2. The van der Waals surface area contributed by atoms with Crippen LogP contribution < -0.4 is 0 Å². The number of aliphatic carboxylic acids is 1. The summed E-state index contributed by atoms with van der Waals surface area (Å²) in [5, 5.41) is 8.97. The normalized spacial score (nSPS) is 23.8. The molecular weight excluding hydrogens is 224 g/mol. The van der Waals surface area contributed by atoms with Crippen LogP contribution >= 0.6 is 0 Å². The van der Waals surface area contributed by atoms with Crippen LogP contribution in [0.4, 0.5) is 0 Å². The molecule has 0 saturated heterocycles. The van der Waals surface area contributed by atoms with Crippen molar-refractivity contribution in [3.8, 4) is 0 Å². The van der Waals surface area contributed by atoms with E-state index in [0.717, 1.165) is 6.42 Å². The fourth-order valence-electron chi connectivity index (χ4n) is 2.03. The zero-order chi connectivity index (χ0) is 14.3. The van der Waals surface area contributed by atoms with E-state index in [-0.39, 0.29) is 17.3 Å². The predicted molar refractivity (Wildman–Crippen MR) is 77.6 cm³/mol. The van der Waals surface area contributed by atoms with Crippen LogP contribution in [0.5, 0.6) is 0 Å². The fourth-order valence-corrected chi connectivity index (χ4v) is 2.03. The molecule has 2 unspecified atom stereocenters. The van der Waals surface area contributed by atoms with E-state index in [1.807, 2.05) is 6.92 Å². The van der Waals surface area contributed by atoms with E-state index in [1.54, 1.807) is 0 Å². The molecule has 0 bridgehead atoms. The molecule has 2 nitrogen and oxygen atoms in total. The van der Waals surface area contributed by atoms with Crippen molar-refractivity contribution >= 4 is 5.97 Å². The highest BCUT2D eigenvalue weighted by molar-refractivity contribution is 5.71. The van der Waals surface area contributed by atoms with Gasteiger partial charge >= 0.3 is 5.97 Å². The largest absolute Gasteiger partial charge is 0.481 e. The van der Waals surface area contributed by atoms with Gasteiger partial charge in [0.2, 0.25) is 0 Å². The molecule has 2 atom stereocenters. The average molecular weight is 254 g/mol. The Morgan fingerprint density at radius 3 is 2.11 bits per heavy atom. The van der Waals surface area contributed by atoms with Crippen LogP contribution in [-0.2, 0) is 4.79 Å². The van der Waals surface area contributed by atoms with Crippen molar-refractivity contribution in [1.29, 1.82) is 0 Å². The lowest BCUT2D eigenvalue weighted by molar-refractivity contribution is -0.143. The van der Waals surface area contributed by atoms with Gasteiger partial charge in [-0.25, -0.2) is 0 Å². The van der Waals surface area contributed by atoms with Gasteiger partial charge in [-0.05, 0) is 24.2 Å². The van der Waals surface area contributed by atoms with E-state index in [2.05, 4.69) is 40.7 Å². The summed E-state index contributed by atoms with van der Waals surface area (Å²) in [6.07, 6.45) is 6.39. The van der Waals surface area contributed by atoms with Crippen molar-refractivity contribution < 1.29 is 9.90 Å². The number of hydrogen-bond donors (Lipinski definition) is 1. The number of carboxylic acid groups (broad SMARTS) is 1. The molecule has 106 valence electrons. The highest BCUT2D eigenvalue weighted by Crippen LogP contribution is 2.38. The van der Waals surface area contributed by atoms with Gasteiger partial charge in [-0.1, -0.05) is 66.0 Å². The SMILES string of the molecule is CC1CC(C(C)(C)C)=CCC1C(=O)O.CCCC. The van der Waals surface area contributed by atoms with E-state index in [0.29, 0.717) is 6.42 Å². The summed E-state index contributed by atoms with van der Waals surface area (Å²) in [5.74, 6) is -0.561. The molecule has 18 heavy (non-hydrogen) atoms. The zero-order valence-corrected chi connectivity index (χ0v) is 12.9. The summed E-state index contributed by atoms with van der Waals surface area (Å²) in [5.41, 5.74) is 1.60. The maximum atomic E-state index is 10.9. The van der Waals surface area contributed by atoms with Gasteiger partial charge in [0.1, 0.15) is 0 Å². The molecule has 0 radical (unpaired) electrons. The van der Waals surface area contributed by atoms with E-state index in [1.165, 1.54) is 18.4 Å². The highest BCUT2D eigenvalue weighted by Gasteiger charge is 2.31. The van der Waals surface area contributed by atoms with Crippen LogP contribution in [0.3, 0.4) is 0 Å². The number of unbranched alkanes of at least 4 members (excludes halogenated alkanes) is 1. The number of hydrogen-bond acceptors (Lipinski definition) is 1. The quantitative estimate of drug-likeness (QED) is 0.712. The van der Waals surface area contributed by atoms with Crippen LogP contribution in [0.1, 0.15) is 67.2 Å². The molecule has 0 amide bonds. The van der Waals surface area contributed by atoms with Gasteiger partial charge in [-0.15, -0.1) is 0 Å². The first-order valence-electron chi connectivity index (χ1n) is 7.16. The highest BCUT2D eigenvalue weighted by atomic mass is 16.4. The number of carboxylic acids is 1. The first-order chi connectivity index (χ1) is 8.23. The Balaban J connectivity index is 0.000000631. The molecule has 1 aliphatic carbocycles. The van der Waals surface area contributed by atoms with Crippen molar-refractivity contribution in [2.45, 2.75) is 67.2 Å². The van der Waals surface area contributed by atoms with E-state index in [9.17, 15) is 4.79 Å². The first-order valence-corrected chi connectivity index (χ1v) is 7.16. The minimum absolute atomic E-state index is 0.180. The Labute approximate surface area is 112 Å². The molecule has 0 spiro atoms. The smallest absolute Gasteiger partial charge is 0.307 e. The fraction of sp³-hybridized carbons (Fsp3) is 0.812. The third kappa shape index (κ3) is 5.70. The Morgan fingerprint density at radius 1 is 1.33 bits per heavy atom. The minimum Gasteiger partial charge on any atom is -0.481 e. The van der Waals surface area contributed by atoms with Crippen LogP contribution in [-0.4, -0.2) is 11.1 Å². The molecule has 0 heterocycles. The number of carbonyl (C=O) groups is 1. The lowest BCUT2D eigenvalue weighted by Gasteiger charge is -2.32. The minimum atomic E-state index is -0.651. The summed E-state index contributed by atoms with van der Waals surface area (Å²) in [6, 6.07) is 0. The standard InChI is InChI=1S/C12H20O2.C4H10/c1-8-7-9(12(2,3)4)5-6-10(8)11(13)14;1-3-4-2/h5,8,10H,6-7H2,1-4H3,(H,13,14);3-4H2,1-2H3. The molecule has 0 fully saturated rings. The topological polar surface area (TPSA) is 37.3 Å². The molecule has 0 aromatic heterocycles. The molecule has 0 aromatic rings. The summed E-state index contributed by atoms with van der Waals surface area (Å²) in [7, 11) is 0. The van der Waals surface area contributed by atoms with E-state index < -0.39 is 5.97 Å². The number of allylic oxidation sites excluding steroid dienone is 2. The Hall–Kier alpha value is -0.790. The van der Waals surface area contributed by atoms with E-state index >= 15 is 0 Å². The predicted octanol–water partition coefficient (Wildman–Crippen LogP) is 4.90. The maximum Gasteiger partial charge on any atom is 0.307 e. The molecule has 0 saturated carbocycles. The monoisotopic (exact) mass is 254 g/mol. The lowest BCUT2D eigenvalue weighted by atomic mass is 9.73. The van der Waals surface area contributed by atoms with Gasteiger partial charge in [0.05, 0.1) is 5.92 Å². The van der Waals surface area contributed by atoms with Crippen LogP contribution in [0.2, 0.25) is 0 Å². The summed E-state index contributed by atoms with van der Waals surface area (Å²) < 4.78 is 0. The Morgan fingerprint density at radius 2 is 1.83 bits per heavy atom.